The highest BCUT2D eigenvalue weighted by molar-refractivity contribution is 5.82. The monoisotopic (exact) mass is 305 g/mol. The van der Waals surface area contributed by atoms with Crippen molar-refractivity contribution in [3.63, 3.8) is 0 Å². The first-order chi connectivity index (χ1) is 11.0. The van der Waals surface area contributed by atoms with Gasteiger partial charge in [-0.15, -0.1) is 0 Å². The quantitative estimate of drug-likeness (QED) is 0.579. The highest BCUT2D eigenvalue weighted by Crippen LogP contribution is 2.45. The molecular weight excluding hydrogens is 282 g/mol. The summed E-state index contributed by atoms with van der Waals surface area (Å²) in [6.45, 7) is 9.31. The lowest BCUT2D eigenvalue weighted by Gasteiger charge is -2.39. The van der Waals surface area contributed by atoms with Gasteiger partial charge in [0.05, 0.1) is 0 Å². The average molecular weight is 305 g/mol. The van der Waals surface area contributed by atoms with Crippen molar-refractivity contribution in [3.05, 3.63) is 53.1 Å². The maximum absolute atomic E-state index is 6.08. The average Bonchev–Trinajstić information content (AvgIpc) is 2.96. The summed E-state index contributed by atoms with van der Waals surface area (Å²) < 4.78 is 6.08. The maximum atomic E-state index is 6.08. The van der Waals surface area contributed by atoms with Crippen molar-refractivity contribution >= 4 is 11.1 Å². The molecule has 2 aromatic carbocycles. The van der Waals surface area contributed by atoms with Gasteiger partial charge in [-0.3, -0.25) is 0 Å². The van der Waals surface area contributed by atoms with Crippen molar-refractivity contribution in [2.24, 2.45) is 5.92 Å². The van der Waals surface area contributed by atoms with Crippen LogP contribution in [0.3, 0.4) is 0 Å². The summed E-state index contributed by atoms with van der Waals surface area (Å²) in [5.74, 6) is 1.41. The predicted octanol–water partition coefficient (Wildman–Crippen LogP) is 5.66. The fourth-order valence-electron chi connectivity index (χ4n) is 4.07. The standard InChI is InChI=1S/C21H23NO/c1-13-10-11-16-12-17-19(14(2)18(16)21(13,3)4)22-20(23-17)15-8-6-5-7-9-15/h5-9,12-13H,10-11H2,1-4H3. The topological polar surface area (TPSA) is 26.0 Å². The van der Waals surface area contributed by atoms with Gasteiger partial charge in [0.1, 0.15) is 5.52 Å². The number of rotatable bonds is 1. The van der Waals surface area contributed by atoms with Crippen LogP contribution in [0.25, 0.3) is 22.6 Å². The van der Waals surface area contributed by atoms with Gasteiger partial charge in [0.2, 0.25) is 5.89 Å². The van der Waals surface area contributed by atoms with Gasteiger partial charge in [-0.1, -0.05) is 39.0 Å². The Morgan fingerprint density at radius 3 is 2.65 bits per heavy atom. The molecule has 1 aromatic heterocycles. The lowest BCUT2D eigenvalue weighted by molar-refractivity contribution is 0.301. The molecule has 4 rings (SSSR count). The lowest BCUT2D eigenvalue weighted by Crippen LogP contribution is -2.33. The second kappa shape index (κ2) is 4.95. The van der Waals surface area contributed by atoms with E-state index in [4.69, 9.17) is 9.40 Å². The van der Waals surface area contributed by atoms with Gasteiger partial charge in [-0.25, -0.2) is 4.98 Å². The molecule has 0 fully saturated rings. The minimum absolute atomic E-state index is 0.192. The number of benzene rings is 2. The van der Waals surface area contributed by atoms with E-state index in [1.54, 1.807) is 0 Å². The minimum Gasteiger partial charge on any atom is -0.436 e. The van der Waals surface area contributed by atoms with Crippen molar-refractivity contribution in [1.82, 2.24) is 4.98 Å². The number of hydrogen-bond donors (Lipinski definition) is 0. The second-order valence-electron chi connectivity index (χ2n) is 7.43. The molecule has 0 spiro atoms. The van der Waals surface area contributed by atoms with Crippen LogP contribution in [0.1, 0.15) is 43.9 Å². The molecule has 3 aromatic rings. The molecule has 1 aliphatic carbocycles. The first-order valence-electron chi connectivity index (χ1n) is 8.47. The SMILES string of the molecule is Cc1c2c(cc3oc(-c4ccccc4)nc13)CCC(C)C2(C)C. The summed E-state index contributed by atoms with van der Waals surface area (Å²) in [5.41, 5.74) is 7.38. The van der Waals surface area contributed by atoms with E-state index in [1.807, 2.05) is 30.3 Å². The molecule has 0 aliphatic heterocycles. The molecule has 0 bridgehead atoms. The van der Waals surface area contributed by atoms with Gasteiger partial charge < -0.3 is 4.42 Å². The van der Waals surface area contributed by atoms with E-state index < -0.39 is 0 Å². The van der Waals surface area contributed by atoms with Crippen LogP contribution in [0, 0.1) is 12.8 Å². The van der Waals surface area contributed by atoms with E-state index in [0.717, 1.165) is 29.0 Å². The molecule has 2 heteroatoms. The summed E-state index contributed by atoms with van der Waals surface area (Å²) in [6, 6.07) is 12.4. The van der Waals surface area contributed by atoms with Gasteiger partial charge >= 0.3 is 0 Å². The fraction of sp³-hybridized carbons (Fsp3) is 0.381. The van der Waals surface area contributed by atoms with Crippen molar-refractivity contribution < 1.29 is 4.42 Å². The Kier molecular flexibility index (Phi) is 3.12. The molecule has 2 nitrogen and oxygen atoms in total. The fourth-order valence-corrected chi connectivity index (χ4v) is 4.07. The molecule has 0 N–H and O–H groups in total. The first kappa shape index (κ1) is 14.5. The number of aryl methyl sites for hydroxylation is 2. The van der Waals surface area contributed by atoms with Crippen molar-refractivity contribution in [3.8, 4) is 11.5 Å². The minimum atomic E-state index is 0.192. The summed E-state index contributed by atoms with van der Waals surface area (Å²) in [6.07, 6.45) is 2.38. The van der Waals surface area contributed by atoms with Gasteiger partial charge in [-0.05, 0) is 66.0 Å². The Balaban J connectivity index is 1.96. The van der Waals surface area contributed by atoms with Gasteiger partial charge in [0, 0.05) is 5.56 Å². The van der Waals surface area contributed by atoms with Crippen LogP contribution < -0.4 is 0 Å². The Labute approximate surface area is 137 Å². The highest BCUT2D eigenvalue weighted by Gasteiger charge is 2.36. The number of hydrogen-bond acceptors (Lipinski definition) is 2. The van der Waals surface area contributed by atoms with Gasteiger partial charge in [0.25, 0.3) is 0 Å². The van der Waals surface area contributed by atoms with E-state index in [0.29, 0.717) is 5.92 Å². The third-order valence-corrected chi connectivity index (χ3v) is 5.75. The molecular formula is C21H23NO. The van der Waals surface area contributed by atoms with Crippen LogP contribution in [-0.2, 0) is 11.8 Å². The smallest absolute Gasteiger partial charge is 0.227 e. The maximum Gasteiger partial charge on any atom is 0.227 e. The Morgan fingerprint density at radius 1 is 1.17 bits per heavy atom. The third-order valence-electron chi connectivity index (χ3n) is 5.75. The van der Waals surface area contributed by atoms with E-state index >= 15 is 0 Å². The number of aromatic nitrogens is 1. The highest BCUT2D eigenvalue weighted by atomic mass is 16.3. The molecule has 0 saturated carbocycles. The second-order valence-corrected chi connectivity index (χ2v) is 7.43. The van der Waals surface area contributed by atoms with Crippen LogP contribution in [0.5, 0.6) is 0 Å². The van der Waals surface area contributed by atoms with Gasteiger partial charge in [-0.2, -0.15) is 0 Å². The molecule has 0 amide bonds. The number of oxazole rings is 1. The lowest BCUT2D eigenvalue weighted by atomic mass is 9.65. The van der Waals surface area contributed by atoms with Crippen LogP contribution in [0.2, 0.25) is 0 Å². The van der Waals surface area contributed by atoms with E-state index in [1.165, 1.54) is 23.1 Å². The first-order valence-corrected chi connectivity index (χ1v) is 8.47. The number of nitrogens with zero attached hydrogens (tertiary/aromatic N) is 1. The van der Waals surface area contributed by atoms with Crippen molar-refractivity contribution in [2.45, 2.75) is 46.0 Å². The molecule has 1 heterocycles. The summed E-state index contributed by atoms with van der Waals surface area (Å²) >= 11 is 0. The molecule has 23 heavy (non-hydrogen) atoms. The van der Waals surface area contributed by atoms with Crippen LogP contribution >= 0.6 is 0 Å². The molecule has 1 aliphatic rings. The molecule has 0 saturated heterocycles. The molecule has 1 atom stereocenters. The predicted molar refractivity (Wildman–Crippen MR) is 94.7 cm³/mol. The van der Waals surface area contributed by atoms with Crippen molar-refractivity contribution in [2.75, 3.05) is 0 Å². The Hall–Kier alpha value is -2.09. The Morgan fingerprint density at radius 2 is 1.91 bits per heavy atom. The summed E-state index contributed by atoms with van der Waals surface area (Å²) in [7, 11) is 0. The molecule has 1 unspecified atom stereocenters. The van der Waals surface area contributed by atoms with E-state index in [-0.39, 0.29) is 5.41 Å². The third kappa shape index (κ3) is 2.12. The van der Waals surface area contributed by atoms with Gasteiger partial charge in [0.15, 0.2) is 5.58 Å². The zero-order chi connectivity index (χ0) is 16.2. The molecule has 118 valence electrons. The Bertz CT molecular complexity index is 874. The normalized spacial score (nSPS) is 19.7. The largest absolute Gasteiger partial charge is 0.436 e. The van der Waals surface area contributed by atoms with Crippen LogP contribution in [-0.4, -0.2) is 4.98 Å². The van der Waals surface area contributed by atoms with Crippen LogP contribution in [0.15, 0.2) is 40.8 Å². The number of fused-ring (bicyclic) bond motifs is 2. The molecule has 0 radical (unpaired) electrons. The zero-order valence-corrected chi connectivity index (χ0v) is 14.3. The van der Waals surface area contributed by atoms with Crippen LogP contribution in [0.4, 0.5) is 0 Å². The summed E-state index contributed by atoms with van der Waals surface area (Å²) in [5, 5.41) is 0. The zero-order valence-electron chi connectivity index (χ0n) is 14.3. The summed E-state index contributed by atoms with van der Waals surface area (Å²) in [4.78, 5) is 4.81. The van der Waals surface area contributed by atoms with E-state index in [9.17, 15) is 0 Å². The van der Waals surface area contributed by atoms with E-state index in [2.05, 4.69) is 33.8 Å². The van der Waals surface area contributed by atoms with Crippen molar-refractivity contribution in [1.29, 1.82) is 0 Å².